The van der Waals surface area contributed by atoms with Crippen LogP contribution in [0.1, 0.15) is 28.7 Å². The molecular formula is C21H16Si. The monoisotopic (exact) mass is 296 g/mol. The van der Waals surface area contributed by atoms with E-state index < -0.39 is 0 Å². The second-order valence-electron chi connectivity index (χ2n) is 5.84. The lowest BCUT2D eigenvalue weighted by Crippen LogP contribution is -2.27. The maximum Gasteiger partial charge on any atom is 0.0493 e. The molecule has 0 spiro atoms. The van der Waals surface area contributed by atoms with Crippen molar-refractivity contribution in [3.8, 4) is 0 Å². The predicted octanol–water partition coefficient (Wildman–Crippen LogP) is 4.11. The molecule has 0 nitrogen and oxygen atoms in total. The Morgan fingerprint density at radius 3 is 1.73 bits per heavy atom. The van der Waals surface area contributed by atoms with Crippen LogP contribution in [0.3, 0.4) is 0 Å². The average Bonchev–Trinajstić information content (AvgIpc) is 2.91. The van der Waals surface area contributed by atoms with Crippen molar-refractivity contribution in [1.82, 2.24) is 0 Å². The molecule has 1 aliphatic carbocycles. The smallest absolute Gasteiger partial charge is 0.0493 e. The summed E-state index contributed by atoms with van der Waals surface area (Å²) in [6, 6.07) is 30.4. The second kappa shape index (κ2) is 5.18. The minimum atomic E-state index is -0.101. The first-order chi connectivity index (χ1) is 10.8. The van der Waals surface area contributed by atoms with Gasteiger partial charge in [-0.1, -0.05) is 90.1 Å². The molecule has 0 aromatic heterocycles. The van der Waals surface area contributed by atoms with E-state index in [2.05, 4.69) is 94.8 Å². The summed E-state index contributed by atoms with van der Waals surface area (Å²) < 4.78 is 0. The number of rotatable bonds is 2. The summed E-state index contributed by atoms with van der Waals surface area (Å²) in [6.07, 6.45) is 0.970. The summed E-state index contributed by atoms with van der Waals surface area (Å²) >= 11 is 0. The molecule has 0 heterocycles. The SMILES string of the molecule is [Si]=C1CC(c2ccccc2)(c2ccccc2)c2ccccc21. The van der Waals surface area contributed by atoms with Gasteiger partial charge < -0.3 is 0 Å². The van der Waals surface area contributed by atoms with Gasteiger partial charge in [0, 0.05) is 15.3 Å². The maximum absolute atomic E-state index is 3.88. The highest BCUT2D eigenvalue weighted by atomic mass is 28.1. The molecule has 0 fully saturated rings. The van der Waals surface area contributed by atoms with Crippen LogP contribution in [0.15, 0.2) is 84.9 Å². The Bertz CT molecular complexity index is 779. The van der Waals surface area contributed by atoms with Crippen molar-refractivity contribution < 1.29 is 0 Å². The molecule has 0 saturated carbocycles. The van der Waals surface area contributed by atoms with Crippen LogP contribution in [0, 0.1) is 0 Å². The van der Waals surface area contributed by atoms with Gasteiger partial charge in [0.05, 0.1) is 0 Å². The van der Waals surface area contributed by atoms with Crippen LogP contribution in [0.25, 0.3) is 0 Å². The zero-order valence-electron chi connectivity index (χ0n) is 12.3. The van der Waals surface area contributed by atoms with Gasteiger partial charge >= 0.3 is 0 Å². The van der Waals surface area contributed by atoms with Crippen molar-refractivity contribution >= 4 is 15.0 Å². The van der Waals surface area contributed by atoms with Crippen molar-refractivity contribution in [2.24, 2.45) is 0 Å². The summed E-state index contributed by atoms with van der Waals surface area (Å²) in [6.45, 7) is 0. The van der Waals surface area contributed by atoms with E-state index in [1.54, 1.807) is 0 Å². The third kappa shape index (κ3) is 1.86. The largest absolute Gasteiger partial charge is 0.0622 e. The predicted molar refractivity (Wildman–Crippen MR) is 93.7 cm³/mol. The van der Waals surface area contributed by atoms with Gasteiger partial charge in [-0.15, -0.1) is 0 Å². The van der Waals surface area contributed by atoms with Crippen LogP contribution >= 0.6 is 0 Å². The first-order valence-corrected chi connectivity index (χ1v) is 8.11. The summed E-state index contributed by atoms with van der Waals surface area (Å²) in [5.41, 5.74) is 5.31. The molecule has 3 aromatic carbocycles. The van der Waals surface area contributed by atoms with Crippen molar-refractivity contribution in [1.29, 1.82) is 0 Å². The molecule has 0 bridgehead atoms. The highest BCUT2D eigenvalue weighted by molar-refractivity contribution is 6.45. The quantitative estimate of drug-likeness (QED) is 0.624. The lowest BCUT2D eigenvalue weighted by molar-refractivity contribution is 0.669. The van der Waals surface area contributed by atoms with Gasteiger partial charge in [-0.2, -0.15) is 0 Å². The van der Waals surface area contributed by atoms with E-state index in [9.17, 15) is 0 Å². The fraction of sp³-hybridized carbons (Fsp3) is 0.0952. The summed E-state index contributed by atoms with van der Waals surface area (Å²) in [5, 5.41) is 1.28. The van der Waals surface area contributed by atoms with Gasteiger partial charge in [0.2, 0.25) is 0 Å². The Labute approximate surface area is 134 Å². The van der Waals surface area contributed by atoms with E-state index in [-0.39, 0.29) is 5.41 Å². The van der Waals surface area contributed by atoms with Crippen LogP contribution in [0.4, 0.5) is 0 Å². The molecule has 0 unspecified atom stereocenters. The molecule has 4 rings (SSSR count). The standard InChI is InChI=1S/C21H16Si/c22-20-15-21(16-9-3-1-4-10-16,17-11-5-2-6-12-17)19-14-8-7-13-18(19)20/h1-14H,15H2. The minimum absolute atomic E-state index is 0.101. The van der Waals surface area contributed by atoms with Gasteiger partial charge in [0.15, 0.2) is 0 Å². The first-order valence-electron chi connectivity index (χ1n) is 7.61. The summed E-state index contributed by atoms with van der Waals surface area (Å²) in [7, 11) is 3.88. The zero-order valence-corrected chi connectivity index (χ0v) is 13.3. The van der Waals surface area contributed by atoms with Gasteiger partial charge in [0.1, 0.15) is 0 Å². The van der Waals surface area contributed by atoms with Crippen molar-refractivity contribution in [2.45, 2.75) is 11.8 Å². The summed E-state index contributed by atoms with van der Waals surface area (Å²) in [5.74, 6) is 0. The van der Waals surface area contributed by atoms with Crippen molar-refractivity contribution in [3.63, 3.8) is 0 Å². The lowest BCUT2D eigenvalue weighted by Gasteiger charge is -2.32. The number of fused-ring (bicyclic) bond motifs is 1. The van der Waals surface area contributed by atoms with Crippen LogP contribution in [-0.2, 0) is 5.41 Å². The third-order valence-corrected chi connectivity index (χ3v) is 5.13. The van der Waals surface area contributed by atoms with Crippen LogP contribution in [0.5, 0.6) is 0 Å². The number of hydrogen-bond donors (Lipinski definition) is 0. The molecule has 1 aliphatic rings. The van der Waals surface area contributed by atoms with E-state index in [4.69, 9.17) is 0 Å². The van der Waals surface area contributed by atoms with Crippen molar-refractivity contribution in [2.75, 3.05) is 0 Å². The van der Waals surface area contributed by atoms with Gasteiger partial charge in [-0.05, 0) is 28.7 Å². The van der Waals surface area contributed by atoms with E-state index in [0.29, 0.717) is 0 Å². The molecule has 0 atom stereocenters. The Morgan fingerprint density at radius 2 is 1.14 bits per heavy atom. The van der Waals surface area contributed by atoms with E-state index in [1.165, 1.54) is 27.4 Å². The molecule has 2 radical (unpaired) electrons. The Morgan fingerprint density at radius 1 is 0.636 bits per heavy atom. The normalized spacial score (nSPS) is 15.5. The lowest BCUT2D eigenvalue weighted by atomic mass is 9.70. The maximum atomic E-state index is 3.88. The van der Waals surface area contributed by atoms with E-state index in [0.717, 1.165) is 6.42 Å². The van der Waals surface area contributed by atoms with Crippen LogP contribution < -0.4 is 0 Å². The van der Waals surface area contributed by atoms with Gasteiger partial charge in [0.25, 0.3) is 0 Å². The Hall–Kier alpha value is -2.25. The molecular weight excluding hydrogens is 280 g/mol. The molecule has 0 N–H and O–H groups in total. The molecule has 0 aliphatic heterocycles. The molecule has 0 amide bonds. The van der Waals surface area contributed by atoms with Crippen LogP contribution in [0.2, 0.25) is 0 Å². The highest BCUT2D eigenvalue weighted by Crippen LogP contribution is 2.48. The number of hydrogen-bond acceptors (Lipinski definition) is 0. The minimum Gasteiger partial charge on any atom is -0.0622 e. The molecule has 22 heavy (non-hydrogen) atoms. The molecule has 104 valence electrons. The van der Waals surface area contributed by atoms with Crippen LogP contribution in [-0.4, -0.2) is 15.0 Å². The molecule has 0 saturated heterocycles. The Balaban J connectivity index is 2.06. The fourth-order valence-corrected chi connectivity index (χ4v) is 4.18. The first kappa shape index (κ1) is 13.4. The fourth-order valence-electron chi connectivity index (χ4n) is 3.70. The Kier molecular flexibility index (Phi) is 3.16. The molecule has 3 aromatic rings. The summed E-state index contributed by atoms with van der Waals surface area (Å²) in [4.78, 5) is 0. The highest BCUT2D eigenvalue weighted by Gasteiger charge is 2.42. The second-order valence-corrected chi connectivity index (χ2v) is 6.44. The molecule has 1 heteroatoms. The third-order valence-electron chi connectivity index (χ3n) is 4.69. The number of benzene rings is 3. The van der Waals surface area contributed by atoms with Gasteiger partial charge in [-0.3, -0.25) is 0 Å². The topological polar surface area (TPSA) is 0 Å². The van der Waals surface area contributed by atoms with Crippen molar-refractivity contribution in [3.05, 3.63) is 107 Å². The van der Waals surface area contributed by atoms with E-state index >= 15 is 0 Å². The average molecular weight is 296 g/mol. The van der Waals surface area contributed by atoms with Gasteiger partial charge in [-0.25, -0.2) is 0 Å². The zero-order chi connectivity index (χ0) is 15.0. The van der Waals surface area contributed by atoms with E-state index in [1.807, 2.05) is 0 Å².